The predicted molar refractivity (Wildman–Crippen MR) is 100.0 cm³/mol. The van der Waals surface area contributed by atoms with Crippen molar-refractivity contribution in [3.63, 3.8) is 0 Å². The Morgan fingerprint density at radius 2 is 1.84 bits per heavy atom. The highest BCUT2D eigenvalue weighted by Crippen LogP contribution is 2.21. The molecular formula is C19H20BrNO4. The van der Waals surface area contributed by atoms with Crippen molar-refractivity contribution in [3.8, 4) is 5.75 Å². The Bertz CT molecular complexity index is 759. The normalized spacial score (nSPS) is 11.5. The van der Waals surface area contributed by atoms with Gasteiger partial charge < -0.3 is 14.8 Å². The largest absolute Gasteiger partial charge is 0.481 e. The molecule has 2 rings (SSSR count). The average molecular weight is 406 g/mol. The lowest BCUT2D eigenvalue weighted by Crippen LogP contribution is -2.30. The highest BCUT2D eigenvalue weighted by atomic mass is 79.9. The van der Waals surface area contributed by atoms with E-state index in [0.717, 1.165) is 4.47 Å². The molecule has 0 saturated carbocycles. The lowest BCUT2D eigenvalue weighted by atomic mass is 10.1. The fourth-order valence-electron chi connectivity index (χ4n) is 2.21. The molecule has 0 saturated heterocycles. The molecule has 6 heteroatoms. The van der Waals surface area contributed by atoms with Gasteiger partial charge in [-0.1, -0.05) is 22.0 Å². The summed E-state index contributed by atoms with van der Waals surface area (Å²) in [5, 5.41) is 2.80. The van der Waals surface area contributed by atoms with Crippen LogP contribution in [0.5, 0.6) is 5.75 Å². The van der Waals surface area contributed by atoms with Gasteiger partial charge in [0.15, 0.2) is 6.10 Å². The van der Waals surface area contributed by atoms with E-state index >= 15 is 0 Å². The fourth-order valence-corrected chi connectivity index (χ4v) is 2.47. The van der Waals surface area contributed by atoms with Gasteiger partial charge in [-0.15, -0.1) is 0 Å². The van der Waals surface area contributed by atoms with Gasteiger partial charge in [-0.25, -0.2) is 4.79 Å². The number of ether oxygens (including phenoxy) is 2. The Morgan fingerprint density at radius 1 is 1.16 bits per heavy atom. The molecule has 2 aromatic rings. The molecule has 0 fully saturated rings. The number of esters is 1. The number of carbonyl (C=O) groups is 2. The zero-order valence-corrected chi connectivity index (χ0v) is 15.9. The highest BCUT2D eigenvalue weighted by Gasteiger charge is 2.18. The molecule has 0 aliphatic carbocycles. The van der Waals surface area contributed by atoms with E-state index in [1.807, 2.05) is 12.1 Å². The van der Waals surface area contributed by atoms with E-state index in [4.69, 9.17) is 9.47 Å². The molecule has 5 nitrogen and oxygen atoms in total. The number of carbonyl (C=O) groups excluding carboxylic acids is 2. The van der Waals surface area contributed by atoms with Crippen LogP contribution in [0.15, 0.2) is 46.9 Å². The van der Waals surface area contributed by atoms with E-state index in [2.05, 4.69) is 21.2 Å². The molecule has 2 aromatic carbocycles. The van der Waals surface area contributed by atoms with Gasteiger partial charge in [0, 0.05) is 10.2 Å². The first-order valence-electron chi connectivity index (χ1n) is 7.92. The Kier molecular flexibility index (Phi) is 6.58. The van der Waals surface area contributed by atoms with Crippen molar-refractivity contribution in [1.29, 1.82) is 0 Å². The zero-order valence-electron chi connectivity index (χ0n) is 14.3. The number of anilines is 1. The van der Waals surface area contributed by atoms with E-state index in [9.17, 15) is 9.59 Å². The van der Waals surface area contributed by atoms with Crippen LogP contribution in [0, 0.1) is 6.92 Å². The maximum Gasteiger partial charge on any atom is 0.338 e. The van der Waals surface area contributed by atoms with Gasteiger partial charge >= 0.3 is 5.97 Å². The number of hydrogen-bond donors (Lipinski definition) is 1. The van der Waals surface area contributed by atoms with E-state index < -0.39 is 12.1 Å². The summed E-state index contributed by atoms with van der Waals surface area (Å²) in [6.45, 7) is 5.48. The molecule has 0 bridgehead atoms. The highest BCUT2D eigenvalue weighted by molar-refractivity contribution is 9.10. The van der Waals surface area contributed by atoms with Crippen LogP contribution in [0.25, 0.3) is 0 Å². The van der Waals surface area contributed by atoms with Crippen LogP contribution in [-0.4, -0.2) is 24.6 Å². The number of halogens is 1. The van der Waals surface area contributed by atoms with Gasteiger partial charge in [-0.05, 0) is 62.7 Å². The standard InChI is InChI=1S/C19H20BrNO4/c1-4-24-19(23)16-6-5-7-17(12(16)2)21-18(22)13(3)25-15-10-8-14(20)9-11-15/h5-11,13H,4H2,1-3H3,(H,21,22)/t13-/m1/s1. The van der Waals surface area contributed by atoms with E-state index in [1.54, 1.807) is 51.1 Å². The van der Waals surface area contributed by atoms with Crippen molar-refractivity contribution >= 4 is 33.5 Å². The molecule has 1 amide bonds. The SMILES string of the molecule is CCOC(=O)c1cccc(NC(=O)[C@@H](C)Oc2ccc(Br)cc2)c1C. The lowest BCUT2D eigenvalue weighted by Gasteiger charge is -2.16. The lowest BCUT2D eigenvalue weighted by molar-refractivity contribution is -0.122. The minimum absolute atomic E-state index is 0.299. The molecule has 0 aliphatic rings. The summed E-state index contributed by atoms with van der Waals surface area (Å²) in [7, 11) is 0. The second-order valence-electron chi connectivity index (χ2n) is 5.40. The van der Waals surface area contributed by atoms with Crippen molar-refractivity contribution in [1.82, 2.24) is 0 Å². The van der Waals surface area contributed by atoms with E-state index in [0.29, 0.717) is 29.2 Å². The minimum Gasteiger partial charge on any atom is -0.481 e. The molecule has 132 valence electrons. The first-order valence-corrected chi connectivity index (χ1v) is 8.71. The van der Waals surface area contributed by atoms with Crippen LogP contribution >= 0.6 is 15.9 Å². The summed E-state index contributed by atoms with van der Waals surface area (Å²) < 4.78 is 11.6. The third-order valence-electron chi connectivity index (χ3n) is 3.58. The summed E-state index contributed by atoms with van der Waals surface area (Å²) in [4.78, 5) is 24.3. The minimum atomic E-state index is -0.688. The van der Waals surface area contributed by atoms with E-state index in [-0.39, 0.29) is 5.91 Å². The Labute approximate surface area is 155 Å². The van der Waals surface area contributed by atoms with Crippen molar-refractivity contribution < 1.29 is 19.1 Å². The number of hydrogen-bond acceptors (Lipinski definition) is 4. The number of benzene rings is 2. The second kappa shape index (κ2) is 8.67. The molecule has 0 heterocycles. The van der Waals surface area contributed by atoms with Crippen LogP contribution < -0.4 is 10.1 Å². The maximum atomic E-state index is 12.4. The Morgan fingerprint density at radius 3 is 2.48 bits per heavy atom. The molecule has 0 unspecified atom stereocenters. The van der Waals surface area contributed by atoms with Gasteiger partial charge in [0.1, 0.15) is 5.75 Å². The Hall–Kier alpha value is -2.34. The van der Waals surface area contributed by atoms with Crippen LogP contribution in [0.2, 0.25) is 0 Å². The van der Waals surface area contributed by atoms with Crippen molar-refractivity contribution in [2.45, 2.75) is 26.9 Å². The van der Waals surface area contributed by atoms with Crippen LogP contribution in [0.3, 0.4) is 0 Å². The third kappa shape index (κ3) is 5.06. The number of rotatable bonds is 6. The first kappa shape index (κ1) is 19.0. The van der Waals surface area contributed by atoms with Crippen LogP contribution in [0.1, 0.15) is 29.8 Å². The molecule has 0 radical (unpaired) electrons. The van der Waals surface area contributed by atoms with Gasteiger partial charge in [0.25, 0.3) is 5.91 Å². The zero-order chi connectivity index (χ0) is 18.4. The summed E-state index contributed by atoms with van der Waals surface area (Å²) in [6.07, 6.45) is -0.688. The van der Waals surface area contributed by atoms with Gasteiger partial charge in [0.05, 0.1) is 12.2 Å². The van der Waals surface area contributed by atoms with Crippen molar-refractivity contribution in [2.75, 3.05) is 11.9 Å². The van der Waals surface area contributed by atoms with Gasteiger partial charge in [0.2, 0.25) is 0 Å². The van der Waals surface area contributed by atoms with Crippen LogP contribution in [0.4, 0.5) is 5.69 Å². The molecular weight excluding hydrogens is 386 g/mol. The first-order chi connectivity index (χ1) is 11.9. The van der Waals surface area contributed by atoms with E-state index in [1.165, 1.54) is 0 Å². The molecule has 0 spiro atoms. The quantitative estimate of drug-likeness (QED) is 0.725. The number of nitrogens with one attached hydrogen (secondary N) is 1. The monoisotopic (exact) mass is 405 g/mol. The summed E-state index contributed by atoms with van der Waals surface area (Å²) in [5.41, 5.74) is 1.65. The molecule has 1 N–H and O–H groups in total. The topological polar surface area (TPSA) is 64.6 Å². The maximum absolute atomic E-state index is 12.4. The molecule has 25 heavy (non-hydrogen) atoms. The van der Waals surface area contributed by atoms with Crippen molar-refractivity contribution in [3.05, 3.63) is 58.1 Å². The number of amides is 1. The third-order valence-corrected chi connectivity index (χ3v) is 4.11. The predicted octanol–water partition coefficient (Wildman–Crippen LogP) is 4.34. The fraction of sp³-hybridized carbons (Fsp3) is 0.263. The summed E-state index contributed by atoms with van der Waals surface area (Å²) in [6, 6.07) is 12.4. The Balaban J connectivity index is 2.08. The summed E-state index contributed by atoms with van der Waals surface area (Å²) in [5.74, 6) is -0.106. The summed E-state index contributed by atoms with van der Waals surface area (Å²) >= 11 is 3.35. The molecule has 0 aliphatic heterocycles. The van der Waals surface area contributed by atoms with Gasteiger partial charge in [-0.2, -0.15) is 0 Å². The second-order valence-corrected chi connectivity index (χ2v) is 6.32. The van der Waals surface area contributed by atoms with Gasteiger partial charge in [-0.3, -0.25) is 4.79 Å². The average Bonchev–Trinajstić information content (AvgIpc) is 2.58. The van der Waals surface area contributed by atoms with Crippen molar-refractivity contribution in [2.24, 2.45) is 0 Å². The van der Waals surface area contributed by atoms with Crippen LogP contribution in [-0.2, 0) is 9.53 Å². The molecule has 0 aromatic heterocycles. The smallest absolute Gasteiger partial charge is 0.338 e. The molecule has 1 atom stereocenters.